The number of nitrogens with zero attached hydrogens (tertiary/aromatic N) is 2. The van der Waals surface area contributed by atoms with Crippen molar-refractivity contribution >= 4 is 11.5 Å². The van der Waals surface area contributed by atoms with Crippen LogP contribution in [0.5, 0.6) is 11.8 Å². The second-order valence-electron chi connectivity index (χ2n) is 2.89. The fourth-order valence-corrected chi connectivity index (χ4v) is 1.18. The summed E-state index contributed by atoms with van der Waals surface area (Å²) >= 11 is 0. The van der Waals surface area contributed by atoms with E-state index in [1.807, 2.05) is 0 Å². The van der Waals surface area contributed by atoms with Gasteiger partial charge in [0, 0.05) is 12.3 Å². The second kappa shape index (κ2) is 3.50. The van der Waals surface area contributed by atoms with E-state index in [9.17, 15) is 10.3 Å². The van der Waals surface area contributed by atoms with Crippen LogP contribution in [-0.4, -0.2) is 25.4 Å². The molecule has 0 saturated heterocycles. The molecule has 0 bridgehead atoms. The Bertz CT molecular complexity index is 455. The van der Waals surface area contributed by atoms with Gasteiger partial charge < -0.3 is 10.2 Å². The van der Waals surface area contributed by atoms with Crippen LogP contribution >= 0.6 is 0 Å². The van der Waals surface area contributed by atoms with Crippen LogP contribution < -0.4 is 5.06 Å². The number of aromatic nitrogens is 2. The standard InChI is InChI=1S/C9H9N3O3/c13-8-5-6(9(14)11-8)12(15)7-3-1-2-4-10-7/h1-5,11,13-15H. The summed E-state index contributed by atoms with van der Waals surface area (Å²) in [4.78, 5) is 6.11. The molecule has 0 atom stereocenters. The highest BCUT2D eigenvalue weighted by molar-refractivity contribution is 5.64. The Morgan fingerprint density at radius 2 is 2.07 bits per heavy atom. The number of nitrogens with one attached hydrogen (secondary N) is 1. The van der Waals surface area contributed by atoms with Crippen LogP contribution in [0.3, 0.4) is 0 Å². The van der Waals surface area contributed by atoms with Gasteiger partial charge in [-0.2, -0.15) is 0 Å². The van der Waals surface area contributed by atoms with Crippen LogP contribution in [0, 0.1) is 0 Å². The number of hydrogen-bond donors (Lipinski definition) is 4. The number of H-pyrrole nitrogens is 1. The number of aromatic hydroxyl groups is 2. The lowest BCUT2D eigenvalue weighted by Crippen LogP contribution is -2.11. The van der Waals surface area contributed by atoms with Crippen molar-refractivity contribution in [1.82, 2.24) is 9.97 Å². The van der Waals surface area contributed by atoms with E-state index in [0.29, 0.717) is 5.06 Å². The molecular weight excluding hydrogens is 198 g/mol. The maximum Gasteiger partial charge on any atom is 0.218 e. The predicted octanol–water partition coefficient (Wildman–Crippen LogP) is 1.35. The van der Waals surface area contributed by atoms with Gasteiger partial charge in [0.1, 0.15) is 5.69 Å². The number of rotatable bonds is 2. The van der Waals surface area contributed by atoms with Gasteiger partial charge in [0.25, 0.3) is 0 Å². The van der Waals surface area contributed by atoms with Gasteiger partial charge in [0.15, 0.2) is 11.7 Å². The van der Waals surface area contributed by atoms with Gasteiger partial charge in [-0.05, 0) is 12.1 Å². The molecule has 4 N–H and O–H groups in total. The summed E-state index contributed by atoms with van der Waals surface area (Å²) in [6, 6.07) is 6.13. The highest BCUT2D eigenvalue weighted by Gasteiger charge is 2.14. The zero-order chi connectivity index (χ0) is 10.8. The quantitative estimate of drug-likeness (QED) is 0.558. The van der Waals surface area contributed by atoms with Gasteiger partial charge in [-0.25, -0.2) is 10.0 Å². The van der Waals surface area contributed by atoms with Gasteiger partial charge >= 0.3 is 0 Å². The highest BCUT2D eigenvalue weighted by Crippen LogP contribution is 2.33. The summed E-state index contributed by atoms with van der Waals surface area (Å²) < 4.78 is 0. The maximum atomic E-state index is 9.67. The van der Waals surface area contributed by atoms with Crippen molar-refractivity contribution < 1.29 is 15.4 Å². The minimum atomic E-state index is -0.333. The lowest BCUT2D eigenvalue weighted by molar-refractivity contribution is 0.293. The molecule has 2 aromatic heterocycles. The van der Waals surface area contributed by atoms with Crippen molar-refractivity contribution in [2.75, 3.05) is 5.06 Å². The van der Waals surface area contributed by atoms with E-state index < -0.39 is 0 Å². The van der Waals surface area contributed by atoms with E-state index in [1.165, 1.54) is 12.3 Å². The molecule has 0 aliphatic heterocycles. The third-order valence-corrected chi connectivity index (χ3v) is 1.86. The molecule has 0 radical (unpaired) electrons. The van der Waals surface area contributed by atoms with Crippen molar-refractivity contribution in [1.29, 1.82) is 0 Å². The summed E-state index contributed by atoms with van der Waals surface area (Å²) in [5, 5.41) is 28.7. The Hall–Kier alpha value is -2.21. The minimum absolute atomic E-state index is 0.0335. The number of pyridine rings is 1. The van der Waals surface area contributed by atoms with Crippen LogP contribution in [0.15, 0.2) is 30.5 Å². The SMILES string of the molecule is Oc1cc(N(O)c2ccccn2)c(O)[nH]1. The Balaban J connectivity index is 2.36. The molecule has 0 unspecified atom stereocenters. The molecule has 2 aromatic rings. The topological polar surface area (TPSA) is 92.6 Å². The van der Waals surface area contributed by atoms with Gasteiger partial charge in [-0.1, -0.05) is 6.07 Å². The first-order chi connectivity index (χ1) is 7.18. The zero-order valence-corrected chi connectivity index (χ0v) is 7.62. The second-order valence-corrected chi connectivity index (χ2v) is 2.89. The molecule has 0 fully saturated rings. The normalized spacial score (nSPS) is 10.2. The van der Waals surface area contributed by atoms with E-state index >= 15 is 0 Å². The molecule has 0 aliphatic rings. The Labute approximate surface area is 85.0 Å². The highest BCUT2D eigenvalue weighted by atomic mass is 16.5. The third-order valence-electron chi connectivity index (χ3n) is 1.86. The van der Waals surface area contributed by atoms with Crippen molar-refractivity contribution in [2.24, 2.45) is 0 Å². The van der Waals surface area contributed by atoms with Crippen LogP contribution in [0.2, 0.25) is 0 Å². The van der Waals surface area contributed by atoms with Gasteiger partial charge in [-0.3, -0.25) is 10.2 Å². The van der Waals surface area contributed by atoms with Crippen molar-refractivity contribution in [3.05, 3.63) is 30.5 Å². The fourth-order valence-electron chi connectivity index (χ4n) is 1.18. The van der Waals surface area contributed by atoms with E-state index in [1.54, 1.807) is 18.2 Å². The van der Waals surface area contributed by atoms with E-state index in [0.717, 1.165) is 0 Å². The molecule has 6 nitrogen and oxygen atoms in total. The lowest BCUT2D eigenvalue weighted by atomic mass is 10.4. The first kappa shape index (κ1) is 9.35. The summed E-state index contributed by atoms with van der Waals surface area (Å²) in [6.07, 6.45) is 1.50. The first-order valence-corrected chi connectivity index (χ1v) is 4.19. The summed E-state index contributed by atoms with van der Waals surface area (Å²) in [5.74, 6) is -0.329. The van der Waals surface area contributed by atoms with Gasteiger partial charge in [0.2, 0.25) is 5.88 Å². The Morgan fingerprint density at radius 3 is 2.60 bits per heavy atom. The Morgan fingerprint density at radius 1 is 1.27 bits per heavy atom. The average Bonchev–Trinajstić information content (AvgIpc) is 2.58. The molecule has 15 heavy (non-hydrogen) atoms. The number of anilines is 2. The zero-order valence-electron chi connectivity index (χ0n) is 7.62. The summed E-state index contributed by atoms with van der Waals surface area (Å²) in [7, 11) is 0. The monoisotopic (exact) mass is 207 g/mol. The first-order valence-electron chi connectivity index (χ1n) is 4.19. The third kappa shape index (κ3) is 1.70. The summed E-state index contributed by atoms with van der Waals surface area (Å²) in [5.41, 5.74) is 0.0335. The number of aromatic amines is 1. The van der Waals surface area contributed by atoms with Gasteiger partial charge in [-0.15, -0.1) is 0 Å². The molecule has 0 amide bonds. The molecule has 0 saturated carbocycles. The smallest absolute Gasteiger partial charge is 0.218 e. The van der Waals surface area contributed by atoms with Crippen molar-refractivity contribution in [2.45, 2.75) is 0 Å². The van der Waals surface area contributed by atoms with Crippen molar-refractivity contribution in [3.8, 4) is 11.8 Å². The average molecular weight is 207 g/mol. The molecule has 0 aliphatic carbocycles. The molecular formula is C9H9N3O3. The summed E-state index contributed by atoms with van der Waals surface area (Å²) in [6.45, 7) is 0. The largest absolute Gasteiger partial charge is 0.494 e. The van der Waals surface area contributed by atoms with E-state index in [2.05, 4.69) is 9.97 Å². The van der Waals surface area contributed by atoms with Gasteiger partial charge in [0.05, 0.1) is 0 Å². The van der Waals surface area contributed by atoms with E-state index in [-0.39, 0.29) is 23.3 Å². The van der Waals surface area contributed by atoms with Crippen molar-refractivity contribution in [3.63, 3.8) is 0 Å². The van der Waals surface area contributed by atoms with Crippen LogP contribution in [-0.2, 0) is 0 Å². The van der Waals surface area contributed by atoms with E-state index in [4.69, 9.17) is 5.11 Å². The maximum absolute atomic E-state index is 9.67. The predicted molar refractivity (Wildman–Crippen MR) is 52.3 cm³/mol. The molecule has 0 aromatic carbocycles. The molecule has 6 heteroatoms. The van der Waals surface area contributed by atoms with Crippen LogP contribution in [0.4, 0.5) is 11.5 Å². The Kier molecular flexibility index (Phi) is 2.18. The number of hydrogen-bond acceptors (Lipinski definition) is 5. The minimum Gasteiger partial charge on any atom is -0.494 e. The fraction of sp³-hybridized carbons (Fsp3) is 0. The van der Waals surface area contributed by atoms with Crippen LogP contribution in [0.25, 0.3) is 0 Å². The molecule has 2 heterocycles. The molecule has 2 rings (SSSR count). The lowest BCUT2D eigenvalue weighted by Gasteiger charge is -2.13. The van der Waals surface area contributed by atoms with Crippen LogP contribution in [0.1, 0.15) is 0 Å². The molecule has 78 valence electrons. The molecule has 0 spiro atoms.